The summed E-state index contributed by atoms with van der Waals surface area (Å²) >= 11 is 0. The van der Waals surface area contributed by atoms with Gasteiger partial charge in [0.05, 0.1) is 31.8 Å². The Morgan fingerprint density at radius 1 is 1.16 bits per heavy atom. The molecule has 2 rings (SSSR count). The van der Waals surface area contributed by atoms with E-state index in [1.807, 2.05) is 18.2 Å². The minimum atomic E-state index is -0.137. The number of aliphatic hydroxyl groups excluding tert-OH is 1. The molecule has 0 aliphatic rings. The predicted molar refractivity (Wildman–Crippen MR) is 70.4 cm³/mol. The molecule has 0 aliphatic heterocycles. The molecule has 5 heteroatoms. The van der Waals surface area contributed by atoms with Crippen molar-refractivity contribution in [2.45, 2.75) is 20.0 Å². The van der Waals surface area contributed by atoms with E-state index in [1.54, 1.807) is 7.11 Å². The van der Waals surface area contributed by atoms with Gasteiger partial charge in [-0.25, -0.2) is 4.98 Å². The Morgan fingerprint density at radius 3 is 2.58 bits per heavy atom. The number of aromatic nitrogens is 2. The standard InChI is InChI=1S/C14H16N2O3/c1-3-10-4-5-12(13(6-10)18-2)19-14-8-15-11(9-17)7-16-14/h4-8,17H,3,9H2,1-2H3. The van der Waals surface area contributed by atoms with E-state index < -0.39 is 0 Å². The van der Waals surface area contributed by atoms with Crippen LogP contribution in [0.25, 0.3) is 0 Å². The van der Waals surface area contributed by atoms with Gasteiger partial charge in [0.2, 0.25) is 5.88 Å². The second-order valence-corrected chi connectivity index (χ2v) is 3.94. The summed E-state index contributed by atoms with van der Waals surface area (Å²) < 4.78 is 10.9. The minimum Gasteiger partial charge on any atom is -0.493 e. The SMILES string of the molecule is CCc1ccc(Oc2cnc(CO)cn2)c(OC)c1. The highest BCUT2D eigenvalue weighted by atomic mass is 16.5. The van der Waals surface area contributed by atoms with Gasteiger partial charge in [0, 0.05) is 0 Å². The van der Waals surface area contributed by atoms with Gasteiger partial charge in [0.15, 0.2) is 11.5 Å². The lowest BCUT2D eigenvalue weighted by atomic mass is 10.1. The monoisotopic (exact) mass is 260 g/mol. The molecule has 1 heterocycles. The summed E-state index contributed by atoms with van der Waals surface area (Å²) in [6.07, 6.45) is 3.88. The number of benzene rings is 1. The third kappa shape index (κ3) is 3.20. The van der Waals surface area contributed by atoms with Gasteiger partial charge in [-0.1, -0.05) is 13.0 Å². The number of aryl methyl sites for hydroxylation is 1. The molecule has 100 valence electrons. The molecule has 1 N–H and O–H groups in total. The highest BCUT2D eigenvalue weighted by Gasteiger charge is 2.07. The maximum Gasteiger partial charge on any atom is 0.238 e. The quantitative estimate of drug-likeness (QED) is 0.893. The molecule has 0 aliphatic carbocycles. The zero-order valence-corrected chi connectivity index (χ0v) is 11.0. The van der Waals surface area contributed by atoms with Crippen molar-refractivity contribution in [3.63, 3.8) is 0 Å². The van der Waals surface area contributed by atoms with Crippen LogP contribution in [0.15, 0.2) is 30.6 Å². The fourth-order valence-electron chi connectivity index (χ4n) is 1.61. The van der Waals surface area contributed by atoms with Gasteiger partial charge in [0.25, 0.3) is 0 Å². The van der Waals surface area contributed by atoms with Crippen LogP contribution in [-0.2, 0) is 13.0 Å². The van der Waals surface area contributed by atoms with Crippen LogP contribution in [0.4, 0.5) is 0 Å². The smallest absolute Gasteiger partial charge is 0.238 e. The number of rotatable bonds is 5. The van der Waals surface area contributed by atoms with Gasteiger partial charge in [-0.15, -0.1) is 0 Å². The number of ether oxygens (including phenoxy) is 2. The van der Waals surface area contributed by atoms with Crippen molar-refractivity contribution >= 4 is 0 Å². The molecule has 0 saturated heterocycles. The molecule has 0 radical (unpaired) electrons. The largest absolute Gasteiger partial charge is 0.493 e. The lowest BCUT2D eigenvalue weighted by Gasteiger charge is -2.10. The fraction of sp³-hybridized carbons (Fsp3) is 0.286. The summed E-state index contributed by atoms with van der Waals surface area (Å²) in [5.41, 5.74) is 1.67. The molecular formula is C14H16N2O3. The second kappa shape index (κ2) is 6.15. The van der Waals surface area contributed by atoms with Crippen LogP contribution < -0.4 is 9.47 Å². The summed E-state index contributed by atoms with van der Waals surface area (Å²) in [6.45, 7) is 1.94. The highest BCUT2D eigenvalue weighted by Crippen LogP contribution is 2.31. The van der Waals surface area contributed by atoms with Crippen LogP contribution in [0.2, 0.25) is 0 Å². The van der Waals surface area contributed by atoms with Gasteiger partial charge in [0.1, 0.15) is 0 Å². The number of methoxy groups -OCH3 is 1. The van der Waals surface area contributed by atoms with Crippen LogP contribution in [-0.4, -0.2) is 22.2 Å². The van der Waals surface area contributed by atoms with Crippen LogP contribution in [0.1, 0.15) is 18.2 Å². The minimum absolute atomic E-state index is 0.137. The second-order valence-electron chi connectivity index (χ2n) is 3.94. The Morgan fingerprint density at radius 2 is 2.00 bits per heavy atom. The van der Waals surface area contributed by atoms with Gasteiger partial charge in [-0.05, 0) is 24.1 Å². The third-order valence-corrected chi connectivity index (χ3v) is 2.69. The molecule has 0 amide bonds. The Bertz CT molecular complexity index is 541. The van der Waals surface area contributed by atoms with Crippen molar-refractivity contribution in [2.75, 3.05) is 7.11 Å². The molecule has 0 saturated carbocycles. The molecule has 1 aromatic carbocycles. The molecule has 0 bridgehead atoms. The van der Waals surface area contributed by atoms with Gasteiger partial charge in [-0.2, -0.15) is 0 Å². The van der Waals surface area contributed by atoms with Crippen LogP contribution in [0.5, 0.6) is 17.4 Å². The predicted octanol–water partition coefficient (Wildman–Crippen LogP) is 2.33. The molecule has 0 fully saturated rings. The molecule has 19 heavy (non-hydrogen) atoms. The molecule has 0 atom stereocenters. The van der Waals surface area contributed by atoms with Crippen LogP contribution in [0.3, 0.4) is 0 Å². The van der Waals surface area contributed by atoms with Crippen LogP contribution in [0, 0.1) is 0 Å². The molecule has 0 unspecified atom stereocenters. The first kappa shape index (κ1) is 13.3. The van der Waals surface area contributed by atoms with Crippen molar-refractivity contribution < 1.29 is 14.6 Å². The van der Waals surface area contributed by atoms with Gasteiger partial charge < -0.3 is 14.6 Å². The average Bonchev–Trinajstić information content (AvgIpc) is 2.48. The summed E-state index contributed by atoms with van der Waals surface area (Å²) in [6, 6.07) is 5.76. The van der Waals surface area contributed by atoms with E-state index in [1.165, 1.54) is 18.0 Å². The van der Waals surface area contributed by atoms with Crippen molar-refractivity contribution in [2.24, 2.45) is 0 Å². The number of hydrogen-bond acceptors (Lipinski definition) is 5. The first-order valence-corrected chi connectivity index (χ1v) is 6.03. The Hall–Kier alpha value is -2.14. The van der Waals surface area contributed by atoms with E-state index in [4.69, 9.17) is 14.6 Å². The van der Waals surface area contributed by atoms with E-state index in [9.17, 15) is 0 Å². The molecule has 0 spiro atoms. The Balaban J connectivity index is 2.21. The summed E-state index contributed by atoms with van der Waals surface area (Å²) in [7, 11) is 1.60. The fourth-order valence-corrected chi connectivity index (χ4v) is 1.61. The number of aliphatic hydroxyl groups is 1. The topological polar surface area (TPSA) is 64.5 Å². The van der Waals surface area contributed by atoms with E-state index in [2.05, 4.69) is 16.9 Å². The van der Waals surface area contributed by atoms with Gasteiger partial charge >= 0.3 is 0 Å². The summed E-state index contributed by atoms with van der Waals surface area (Å²) in [5, 5.41) is 8.89. The molecular weight excluding hydrogens is 244 g/mol. The zero-order valence-electron chi connectivity index (χ0n) is 11.0. The lowest BCUT2D eigenvalue weighted by Crippen LogP contribution is -1.96. The molecule has 1 aromatic heterocycles. The summed E-state index contributed by atoms with van der Waals surface area (Å²) in [5.74, 6) is 1.61. The van der Waals surface area contributed by atoms with Crippen molar-refractivity contribution in [3.05, 3.63) is 41.9 Å². The average molecular weight is 260 g/mol. The maximum atomic E-state index is 8.89. The highest BCUT2D eigenvalue weighted by molar-refractivity contribution is 5.44. The Labute approximate surface area is 111 Å². The van der Waals surface area contributed by atoms with E-state index in [0.717, 1.165) is 6.42 Å². The zero-order chi connectivity index (χ0) is 13.7. The normalized spacial score (nSPS) is 10.3. The molecule has 2 aromatic rings. The van der Waals surface area contributed by atoms with Gasteiger partial charge in [-0.3, -0.25) is 4.98 Å². The van der Waals surface area contributed by atoms with Crippen molar-refractivity contribution in [3.8, 4) is 17.4 Å². The first-order valence-electron chi connectivity index (χ1n) is 6.03. The third-order valence-electron chi connectivity index (χ3n) is 2.69. The first-order chi connectivity index (χ1) is 9.26. The van der Waals surface area contributed by atoms with E-state index >= 15 is 0 Å². The Kier molecular flexibility index (Phi) is 4.30. The van der Waals surface area contributed by atoms with Crippen molar-refractivity contribution in [1.82, 2.24) is 9.97 Å². The van der Waals surface area contributed by atoms with Crippen LogP contribution >= 0.6 is 0 Å². The van der Waals surface area contributed by atoms with E-state index in [0.29, 0.717) is 23.1 Å². The lowest BCUT2D eigenvalue weighted by molar-refractivity contribution is 0.275. The molecule has 5 nitrogen and oxygen atoms in total. The number of hydrogen-bond donors (Lipinski definition) is 1. The van der Waals surface area contributed by atoms with E-state index in [-0.39, 0.29) is 6.61 Å². The maximum absolute atomic E-state index is 8.89. The number of nitrogens with zero attached hydrogens (tertiary/aromatic N) is 2. The van der Waals surface area contributed by atoms with Crippen molar-refractivity contribution in [1.29, 1.82) is 0 Å². The summed E-state index contributed by atoms with van der Waals surface area (Å²) in [4.78, 5) is 8.07.